The molecule has 0 spiro atoms. The zero-order valence-electron chi connectivity index (χ0n) is 8.66. The molecule has 1 aromatic carbocycles. The normalized spacial score (nSPS) is 12.3. The fraction of sp³-hybridized carbons (Fsp3) is 0.400. The molecule has 0 fully saturated rings. The Morgan fingerprint density at radius 2 is 2.07 bits per heavy atom. The van der Waals surface area contributed by atoms with Gasteiger partial charge in [0.25, 0.3) is 0 Å². The molecule has 0 aromatic heterocycles. The van der Waals surface area contributed by atoms with Crippen LogP contribution in [-0.4, -0.2) is 25.9 Å². The van der Waals surface area contributed by atoms with E-state index in [0.29, 0.717) is 11.3 Å². The second-order valence-corrected chi connectivity index (χ2v) is 2.99. The molecule has 1 aromatic rings. The monoisotopic (exact) mass is 215 g/mol. The minimum Gasteiger partial charge on any atom is -0.496 e. The van der Waals surface area contributed by atoms with Crippen molar-refractivity contribution in [1.82, 2.24) is 0 Å². The van der Waals surface area contributed by atoms with E-state index in [1.165, 1.54) is 26.4 Å². The van der Waals surface area contributed by atoms with Gasteiger partial charge < -0.3 is 20.3 Å². The lowest BCUT2D eigenvalue weighted by Gasteiger charge is -2.17. The summed E-state index contributed by atoms with van der Waals surface area (Å²) in [6.45, 7) is -0.309. The first-order valence-electron chi connectivity index (χ1n) is 4.42. The molecule has 0 saturated carbocycles. The van der Waals surface area contributed by atoms with Gasteiger partial charge in [-0.25, -0.2) is 4.39 Å². The Bertz CT molecular complexity index is 344. The smallest absolute Gasteiger partial charge is 0.165 e. The van der Waals surface area contributed by atoms with Crippen LogP contribution in [0.25, 0.3) is 0 Å². The highest BCUT2D eigenvalue weighted by Gasteiger charge is 2.20. The van der Waals surface area contributed by atoms with E-state index in [4.69, 9.17) is 20.3 Å². The van der Waals surface area contributed by atoms with E-state index in [1.807, 2.05) is 0 Å². The van der Waals surface area contributed by atoms with Gasteiger partial charge in [-0.1, -0.05) is 0 Å². The summed E-state index contributed by atoms with van der Waals surface area (Å²) in [5.74, 6) is -0.122. The van der Waals surface area contributed by atoms with Crippen LogP contribution >= 0.6 is 0 Å². The number of halogens is 1. The maximum atomic E-state index is 13.3. The summed E-state index contributed by atoms with van der Waals surface area (Å²) in [5, 5.41) is 8.96. The highest BCUT2D eigenvalue weighted by atomic mass is 19.1. The second-order valence-electron chi connectivity index (χ2n) is 2.99. The van der Waals surface area contributed by atoms with Crippen LogP contribution in [0.3, 0.4) is 0 Å². The largest absolute Gasteiger partial charge is 0.496 e. The van der Waals surface area contributed by atoms with E-state index < -0.39 is 11.9 Å². The van der Waals surface area contributed by atoms with Crippen LogP contribution in [-0.2, 0) is 0 Å². The van der Waals surface area contributed by atoms with Gasteiger partial charge >= 0.3 is 0 Å². The molecule has 0 saturated heterocycles. The first-order valence-corrected chi connectivity index (χ1v) is 4.42. The Kier molecular flexibility index (Phi) is 3.88. The average Bonchev–Trinajstić information content (AvgIpc) is 2.27. The van der Waals surface area contributed by atoms with E-state index >= 15 is 0 Å². The molecule has 1 atom stereocenters. The summed E-state index contributed by atoms with van der Waals surface area (Å²) in [6, 6.07) is 1.94. The number of nitrogens with two attached hydrogens (primary N) is 1. The first kappa shape index (κ1) is 11.7. The molecule has 0 heterocycles. The van der Waals surface area contributed by atoms with E-state index in [-0.39, 0.29) is 12.4 Å². The summed E-state index contributed by atoms with van der Waals surface area (Å²) in [4.78, 5) is 0. The topological polar surface area (TPSA) is 64.7 Å². The van der Waals surface area contributed by atoms with Crippen molar-refractivity contribution in [3.63, 3.8) is 0 Å². The van der Waals surface area contributed by atoms with Crippen molar-refractivity contribution < 1.29 is 19.0 Å². The van der Waals surface area contributed by atoms with E-state index in [1.54, 1.807) is 0 Å². The molecule has 84 valence electrons. The summed E-state index contributed by atoms with van der Waals surface area (Å²) in [6.07, 6.45) is 0. The predicted octanol–water partition coefficient (Wildman–Crippen LogP) is 0.835. The first-order chi connectivity index (χ1) is 7.15. The van der Waals surface area contributed by atoms with E-state index in [2.05, 4.69) is 0 Å². The highest BCUT2D eigenvalue weighted by molar-refractivity contribution is 5.47. The van der Waals surface area contributed by atoms with Crippen molar-refractivity contribution in [3.8, 4) is 11.5 Å². The third-order valence-electron chi connectivity index (χ3n) is 2.10. The number of ether oxygens (including phenoxy) is 2. The van der Waals surface area contributed by atoms with Crippen molar-refractivity contribution in [2.75, 3.05) is 20.8 Å². The number of methoxy groups -OCH3 is 2. The fourth-order valence-electron chi connectivity index (χ4n) is 1.38. The zero-order valence-corrected chi connectivity index (χ0v) is 8.66. The van der Waals surface area contributed by atoms with Crippen molar-refractivity contribution in [2.45, 2.75) is 6.04 Å². The number of aliphatic hydroxyl groups is 1. The van der Waals surface area contributed by atoms with Crippen molar-refractivity contribution in [3.05, 3.63) is 23.5 Å². The molecule has 0 radical (unpaired) electrons. The van der Waals surface area contributed by atoms with Crippen molar-refractivity contribution in [1.29, 1.82) is 0 Å². The van der Waals surface area contributed by atoms with Crippen molar-refractivity contribution in [2.24, 2.45) is 5.73 Å². The number of aliphatic hydroxyl groups excluding tert-OH is 1. The molecule has 5 heteroatoms. The molecule has 1 unspecified atom stereocenters. The third kappa shape index (κ3) is 2.19. The van der Waals surface area contributed by atoms with Gasteiger partial charge in [0, 0.05) is 0 Å². The number of hydrogen-bond donors (Lipinski definition) is 2. The summed E-state index contributed by atoms with van der Waals surface area (Å²) < 4.78 is 23.3. The van der Waals surface area contributed by atoms with E-state index in [0.717, 1.165) is 0 Å². The lowest BCUT2D eigenvalue weighted by molar-refractivity contribution is 0.259. The lowest BCUT2D eigenvalue weighted by Crippen LogP contribution is -2.17. The van der Waals surface area contributed by atoms with Crippen LogP contribution in [0.2, 0.25) is 0 Å². The van der Waals surface area contributed by atoms with Crippen LogP contribution in [0.1, 0.15) is 11.6 Å². The third-order valence-corrected chi connectivity index (χ3v) is 2.10. The quantitative estimate of drug-likeness (QED) is 0.781. The van der Waals surface area contributed by atoms with E-state index in [9.17, 15) is 4.39 Å². The molecule has 0 amide bonds. The molecule has 0 aliphatic rings. The van der Waals surface area contributed by atoms with Crippen LogP contribution in [0, 0.1) is 5.82 Å². The fourth-order valence-corrected chi connectivity index (χ4v) is 1.38. The Morgan fingerprint density at radius 1 is 1.40 bits per heavy atom. The average molecular weight is 215 g/mol. The molecule has 15 heavy (non-hydrogen) atoms. The van der Waals surface area contributed by atoms with Crippen LogP contribution < -0.4 is 15.2 Å². The lowest BCUT2D eigenvalue weighted by atomic mass is 10.1. The molecule has 0 bridgehead atoms. The molecule has 4 nitrogen and oxygen atoms in total. The Hall–Kier alpha value is -1.33. The van der Waals surface area contributed by atoms with Crippen LogP contribution in [0.5, 0.6) is 11.5 Å². The molecule has 0 aliphatic carbocycles. The molecular weight excluding hydrogens is 201 g/mol. The van der Waals surface area contributed by atoms with Crippen LogP contribution in [0.4, 0.5) is 4.39 Å². The Balaban J connectivity index is 3.33. The standard InChI is InChI=1S/C10H14FNO3/c1-14-8-4-3-6(11)10(15-2)9(8)7(12)5-13/h3-4,7,13H,5,12H2,1-2H3. The minimum absolute atomic E-state index is 0.0101. The van der Waals surface area contributed by atoms with Gasteiger partial charge in [-0.15, -0.1) is 0 Å². The summed E-state index contributed by atoms with van der Waals surface area (Å²) in [5.41, 5.74) is 5.97. The minimum atomic E-state index is -0.731. The Labute approximate surface area is 87.4 Å². The number of hydrogen-bond acceptors (Lipinski definition) is 4. The van der Waals surface area contributed by atoms with Crippen LogP contribution in [0.15, 0.2) is 12.1 Å². The van der Waals surface area contributed by atoms with Gasteiger partial charge in [0.15, 0.2) is 11.6 Å². The second kappa shape index (κ2) is 4.95. The highest BCUT2D eigenvalue weighted by Crippen LogP contribution is 2.34. The molecule has 1 rings (SSSR count). The maximum Gasteiger partial charge on any atom is 0.165 e. The Morgan fingerprint density at radius 3 is 2.53 bits per heavy atom. The van der Waals surface area contributed by atoms with Gasteiger partial charge in [0.1, 0.15) is 5.75 Å². The number of benzene rings is 1. The summed E-state index contributed by atoms with van der Waals surface area (Å²) in [7, 11) is 2.78. The van der Waals surface area contributed by atoms with Crippen molar-refractivity contribution >= 4 is 0 Å². The molecule has 0 aliphatic heterocycles. The van der Waals surface area contributed by atoms with Gasteiger partial charge in [-0.05, 0) is 12.1 Å². The maximum absolute atomic E-state index is 13.3. The van der Waals surface area contributed by atoms with Gasteiger partial charge in [-0.3, -0.25) is 0 Å². The zero-order chi connectivity index (χ0) is 11.4. The molecular formula is C10H14FNO3. The van der Waals surface area contributed by atoms with Gasteiger partial charge in [0.2, 0.25) is 0 Å². The SMILES string of the molecule is COc1ccc(F)c(OC)c1C(N)CO. The predicted molar refractivity (Wildman–Crippen MR) is 53.5 cm³/mol. The number of rotatable bonds is 4. The van der Waals surface area contributed by atoms with Gasteiger partial charge in [0.05, 0.1) is 32.4 Å². The van der Waals surface area contributed by atoms with Gasteiger partial charge in [-0.2, -0.15) is 0 Å². The summed E-state index contributed by atoms with van der Waals surface area (Å²) >= 11 is 0. The molecule has 3 N–H and O–H groups in total.